The van der Waals surface area contributed by atoms with Crippen molar-refractivity contribution in [2.24, 2.45) is 5.41 Å². The first-order valence-corrected chi connectivity index (χ1v) is 25.4. The topological polar surface area (TPSA) is 38.9 Å². The Kier molecular flexibility index (Phi) is 10.7. The van der Waals surface area contributed by atoms with Crippen molar-refractivity contribution in [1.82, 2.24) is 9.97 Å². The fourth-order valence-electron chi connectivity index (χ4n) is 6.57. The largest absolute Gasteiger partial charge is 0 e. The number of rotatable bonds is 6. The Morgan fingerprint density at radius 3 is 2.13 bits per heavy atom. The van der Waals surface area contributed by atoms with Crippen LogP contribution in [0.4, 0.5) is 0 Å². The average molecular weight is 947 g/mol. The maximum Gasteiger partial charge on any atom is 0 e. The van der Waals surface area contributed by atoms with Gasteiger partial charge in [-0.1, -0.05) is 85.8 Å². The summed E-state index contributed by atoms with van der Waals surface area (Å²) in [6.07, 6.45) is 4.85. The molecule has 0 unspecified atom stereocenters. The molecule has 3 aromatic heterocycles. The van der Waals surface area contributed by atoms with Crippen molar-refractivity contribution in [3.8, 4) is 44.8 Å². The normalized spacial score (nSPS) is 12.6. The van der Waals surface area contributed by atoms with E-state index in [0.29, 0.717) is 11.1 Å². The minimum atomic E-state index is -2.18. The molecular formula is C49H46GeIrN2O-2. The van der Waals surface area contributed by atoms with Crippen molar-refractivity contribution in [2.75, 3.05) is 0 Å². The molecule has 273 valence electrons. The van der Waals surface area contributed by atoms with Crippen molar-refractivity contribution >= 4 is 39.6 Å². The van der Waals surface area contributed by atoms with Gasteiger partial charge in [0.1, 0.15) is 5.58 Å². The molecule has 54 heavy (non-hydrogen) atoms. The van der Waals surface area contributed by atoms with Crippen LogP contribution in [-0.2, 0) is 26.5 Å². The minimum absolute atomic E-state index is 0. The van der Waals surface area contributed by atoms with E-state index < -0.39 is 20.1 Å². The molecule has 0 aliphatic carbocycles. The third kappa shape index (κ3) is 9.01. The maximum atomic E-state index is 7.84. The van der Waals surface area contributed by atoms with Crippen LogP contribution < -0.4 is 4.40 Å². The second-order valence-electron chi connectivity index (χ2n) is 15.8. The summed E-state index contributed by atoms with van der Waals surface area (Å²) in [5, 5.41) is 2.21. The quantitative estimate of drug-likeness (QED) is 0.123. The summed E-state index contributed by atoms with van der Waals surface area (Å²) in [5.41, 5.74) is 10.9. The molecule has 0 fully saturated rings. The van der Waals surface area contributed by atoms with E-state index >= 15 is 0 Å². The van der Waals surface area contributed by atoms with Gasteiger partial charge >= 0.3 is 146 Å². The first kappa shape index (κ1) is 35.1. The standard InChI is InChI=1S/C28H24NO.C21H22GeN.Ir/c1-28(2,3)18-19-14-15-29-25(16-19)24-11-7-10-23-22-13-12-21(17-26(22)30-27(23)24)20-8-5-4-6-9-20;1-16-10-11-18(14-20(16)17-8-6-5-7-9-17)21-13-12-19(15-23-21)22(2,3)4;/h4-10,12-17H,18H2,1-3H3;5-10,12-15H,1-4H3;/q2*-1;/i;1D3;. The second-order valence-corrected chi connectivity index (χ2v) is 26.4. The number of hydrogen-bond donors (Lipinski definition) is 0. The molecule has 0 saturated heterocycles. The third-order valence-electron chi connectivity index (χ3n) is 9.30. The van der Waals surface area contributed by atoms with E-state index in [1.165, 1.54) is 15.5 Å². The Labute approximate surface area is 340 Å². The van der Waals surface area contributed by atoms with E-state index in [-0.39, 0.29) is 25.5 Å². The van der Waals surface area contributed by atoms with E-state index in [1.54, 1.807) is 6.07 Å². The van der Waals surface area contributed by atoms with Gasteiger partial charge in [-0.15, -0.1) is 18.2 Å². The first-order valence-electron chi connectivity index (χ1n) is 19.6. The SMILES string of the molecule is CC(C)(C)Cc1ccnc(-c2[c-]ccc3c2oc2cc(-c4ccccc4)ccc23)c1.[2H]C([2H])([2H])c1c[c-]c(-c2cc[c]([Ge]([CH3])([CH3])[CH3])cn2)cc1-c1ccccc1.[Ir]. The van der Waals surface area contributed by atoms with Crippen molar-refractivity contribution in [2.45, 2.75) is 51.3 Å². The van der Waals surface area contributed by atoms with E-state index in [9.17, 15) is 0 Å². The number of aryl methyl sites for hydroxylation is 1. The maximum absolute atomic E-state index is 7.84. The first-order chi connectivity index (χ1) is 26.6. The van der Waals surface area contributed by atoms with Crippen LogP contribution in [0.3, 0.4) is 0 Å². The van der Waals surface area contributed by atoms with Gasteiger partial charge in [0.2, 0.25) is 0 Å². The number of fused-ring (bicyclic) bond motifs is 3. The smallest absolute Gasteiger partial charge is 0 e. The zero-order valence-electron chi connectivity index (χ0n) is 34.6. The summed E-state index contributed by atoms with van der Waals surface area (Å²) in [5.74, 6) is 7.00. The number of benzene rings is 5. The van der Waals surface area contributed by atoms with Gasteiger partial charge in [-0.3, -0.25) is 0 Å². The molecule has 0 bridgehead atoms. The van der Waals surface area contributed by atoms with E-state index in [0.717, 1.165) is 62.0 Å². The molecule has 0 saturated carbocycles. The fraction of sp³-hybridized carbons (Fsp3) is 0.184. The van der Waals surface area contributed by atoms with Crippen LogP contribution in [0.15, 0.2) is 144 Å². The zero-order valence-corrected chi connectivity index (χ0v) is 36.1. The molecule has 0 atom stereocenters. The monoisotopic (exact) mass is 948 g/mol. The molecule has 5 aromatic carbocycles. The van der Waals surface area contributed by atoms with Gasteiger partial charge in [-0.25, -0.2) is 0 Å². The third-order valence-corrected chi connectivity index (χ3v) is 13.6. The Bertz CT molecular complexity index is 2610. The van der Waals surface area contributed by atoms with Gasteiger partial charge in [-0.2, -0.15) is 0 Å². The van der Waals surface area contributed by atoms with Gasteiger partial charge in [-0.05, 0) is 40.8 Å². The summed E-state index contributed by atoms with van der Waals surface area (Å²) in [6, 6.07) is 48.9. The molecule has 3 nitrogen and oxygen atoms in total. The summed E-state index contributed by atoms with van der Waals surface area (Å²) in [7, 11) is 0. The van der Waals surface area contributed by atoms with Crippen LogP contribution in [0, 0.1) is 24.4 Å². The van der Waals surface area contributed by atoms with Crippen molar-refractivity contribution in [3.63, 3.8) is 0 Å². The predicted molar refractivity (Wildman–Crippen MR) is 226 cm³/mol. The van der Waals surface area contributed by atoms with Gasteiger partial charge < -0.3 is 9.40 Å². The molecule has 0 N–H and O–H groups in total. The summed E-state index contributed by atoms with van der Waals surface area (Å²) >= 11 is -1.91. The van der Waals surface area contributed by atoms with Crippen molar-refractivity contribution in [3.05, 3.63) is 163 Å². The van der Waals surface area contributed by atoms with Crippen molar-refractivity contribution in [1.29, 1.82) is 0 Å². The average Bonchev–Trinajstić information content (AvgIpc) is 3.56. The van der Waals surface area contributed by atoms with Gasteiger partial charge in [0.05, 0.1) is 5.58 Å². The molecule has 0 amide bonds. The van der Waals surface area contributed by atoms with Gasteiger partial charge in [0.15, 0.2) is 0 Å². The number of aromatic nitrogens is 2. The molecule has 5 heteroatoms. The van der Waals surface area contributed by atoms with E-state index in [1.807, 2.05) is 67.0 Å². The number of pyridine rings is 2. The van der Waals surface area contributed by atoms with E-state index in [2.05, 4.69) is 127 Å². The Balaban J connectivity index is 0.000000192. The summed E-state index contributed by atoms with van der Waals surface area (Å²) in [6.45, 7) is 4.58. The van der Waals surface area contributed by atoms with Crippen molar-refractivity contribution < 1.29 is 28.6 Å². The molecule has 8 rings (SSSR count). The minimum Gasteiger partial charge on any atom is 0 e. The molecule has 0 spiro atoms. The zero-order chi connectivity index (χ0) is 39.7. The molecule has 0 aliphatic heterocycles. The molecule has 8 aromatic rings. The molecular weight excluding hydrogens is 897 g/mol. The van der Waals surface area contributed by atoms with Gasteiger partial charge in [0, 0.05) is 31.7 Å². The van der Waals surface area contributed by atoms with Crippen LogP contribution in [0.1, 0.15) is 36.0 Å². The summed E-state index contributed by atoms with van der Waals surface area (Å²) < 4.78 is 31.2. The van der Waals surface area contributed by atoms with Crippen LogP contribution >= 0.6 is 0 Å². The number of furan rings is 1. The molecule has 1 radical (unpaired) electrons. The van der Waals surface area contributed by atoms with Crippen LogP contribution in [0.25, 0.3) is 66.7 Å². The second kappa shape index (κ2) is 16.4. The predicted octanol–water partition coefficient (Wildman–Crippen LogP) is 12.8. The number of hydrogen-bond acceptors (Lipinski definition) is 3. The molecule has 3 heterocycles. The molecule has 0 aliphatic rings. The Hall–Kier alpha value is -4.61. The van der Waals surface area contributed by atoms with Crippen LogP contribution in [0.2, 0.25) is 17.3 Å². The number of nitrogens with zero attached hydrogens (tertiary/aromatic N) is 2. The Morgan fingerprint density at radius 2 is 1.46 bits per heavy atom. The fourth-order valence-corrected chi connectivity index (χ4v) is 8.74. The van der Waals surface area contributed by atoms with E-state index in [4.69, 9.17) is 8.53 Å². The Morgan fingerprint density at radius 1 is 0.722 bits per heavy atom. The van der Waals surface area contributed by atoms with Crippen LogP contribution in [-0.4, -0.2) is 23.2 Å². The summed E-state index contributed by atoms with van der Waals surface area (Å²) in [4.78, 5) is 9.25. The van der Waals surface area contributed by atoms with Crippen LogP contribution in [0.5, 0.6) is 0 Å². The van der Waals surface area contributed by atoms with Gasteiger partial charge in [0.25, 0.3) is 0 Å².